The molecule has 34 heavy (non-hydrogen) atoms. The van der Waals surface area contributed by atoms with E-state index in [1.807, 2.05) is 24.3 Å². The van der Waals surface area contributed by atoms with Crippen LogP contribution in [0.2, 0.25) is 0 Å². The van der Waals surface area contributed by atoms with Gasteiger partial charge in [-0.15, -0.1) is 0 Å². The molecule has 0 atom stereocenters. The highest BCUT2D eigenvalue weighted by molar-refractivity contribution is 5.94. The van der Waals surface area contributed by atoms with Crippen molar-refractivity contribution >= 4 is 28.4 Å². The standard InChI is InChI=1S/C26H32N6O2/c27-19-14-26(15-19)7-5-18(6-8-26)25(33)30-20-3-1-17(2-4-20)22-13-21-23(31-22)28-16-29-24(21)32-9-11-34-12-10-32/h1-4,13,16,18-19H,5-12,14-15,27H2,(H,30,33)(H,28,29,31). The van der Waals surface area contributed by atoms with E-state index in [0.717, 1.165) is 85.4 Å². The number of carbonyl (C=O) groups is 1. The van der Waals surface area contributed by atoms with E-state index in [1.54, 1.807) is 6.33 Å². The summed E-state index contributed by atoms with van der Waals surface area (Å²) in [5, 5.41) is 4.14. The van der Waals surface area contributed by atoms with Crippen LogP contribution in [0.25, 0.3) is 22.3 Å². The average molecular weight is 461 g/mol. The number of H-pyrrole nitrogens is 1. The summed E-state index contributed by atoms with van der Waals surface area (Å²) in [4.78, 5) is 27.5. The maximum atomic E-state index is 12.8. The van der Waals surface area contributed by atoms with Crippen LogP contribution in [0, 0.1) is 11.3 Å². The molecule has 4 N–H and O–H groups in total. The predicted molar refractivity (Wildman–Crippen MR) is 133 cm³/mol. The van der Waals surface area contributed by atoms with Crippen LogP contribution in [-0.4, -0.2) is 53.2 Å². The molecule has 8 heteroatoms. The van der Waals surface area contributed by atoms with Gasteiger partial charge in [-0.05, 0) is 67.7 Å². The fourth-order valence-electron chi connectivity index (χ4n) is 6.04. The maximum absolute atomic E-state index is 12.8. The van der Waals surface area contributed by atoms with Gasteiger partial charge in [-0.1, -0.05) is 12.1 Å². The normalized spacial score (nSPS) is 27.0. The molecule has 1 aromatic carbocycles. The van der Waals surface area contributed by atoms with Crippen LogP contribution in [0.15, 0.2) is 36.7 Å². The number of aromatic amines is 1. The Hall–Kier alpha value is -2.97. The lowest BCUT2D eigenvalue weighted by Crippen LogP contribution is -2.48. The first-order valence-electron chi connectivity index (χ1n) is 12.4. The molecule has 3 aromatic rings. The summed E-state index contributed by atoms with van der Waals surface area (Å²) in [6.45, 7) is 3.09. The van der Waals surface area contributed by atoms with E-state index in [4.69, 9.17) is 10.5 Å². The minimum Gasteiger partial charge on any atom is -0.378 e. The van der Waals surface area contributed by atoms with E-state index in [2.05, 4.69) is 31.2 Å². The van der Waals surface area contributed by atoms with E-state index in [-0.39, 0.29) is 11.8 Å². The van der Waals surface area contributed by atoms with Gasteiger partial charge >= 0.3 is 0 Å². The summed E-state index contributed by atoms with van der Waals surface area (Å²) < 4.78 is 5.48. The number of nitrogens with zero attached hydrogens (tertiary/aromatic N) is 3. The molecule has 3 heterocycles. The SMILES string of the molecule is NC1CC2(CCC(C(=O)Nc3ccc(-c4cc5c(N6CCOCC6)ncnc5[nH]4)cc3)CC2)C1. The van der Waals surface area contributed by atoms with Gasteiger partial charge in [0.05, 0.1) is 18.6 Å². The van der Waals surface area contributed by atoms with Gasteiger partial charge in [-0.25, -0.2) is 9.97 Å². The lowest BCUT2D eigenvalue weighted by atomic mass is 9.57. The van der Waals surface area contributed by atoms with Crippen LogP contribution in [0.3, 0.4) is 0 Å². The minimum absolute atomic E-state index is 0.105. The lowest BCUT2D eigenvalue weighted by molar-refractivity contribution is -0.122. The number of nitrogens with two attached hydrogens (primary N) is 1. The van der Waals surface area contributed by atoms with Crippen molar-refractivity contribution in [1.82, 2.24) is 15.0 Å². The number of morpholine rings is 1. The van der Waals surface area contributed by atoms with E-state index in [1.165, 1.54) is 0 Å². The number of carbonyl (C=O) groups excluding carboxylic acids is 1. The van der Waals surface area contributed by atoms with Crippen molar-refractivity contribution in [3.63, 3.8) is 0 Å². The van der Waals surface area contributed by atoms with Crippen molar-refractivity contribution in [3.05, 3.63) is 36.7 Å². The summed E-state index contributed by atoms with van der Waals surface area (Å²) in [5.41, 5.74) is 10.1. The van der Waals surface area contributed by atoms with Crippen LogP contribution in [-0.2, 0) is 9.53 Å². The van der Waals surface area contributed by atoms with Crippen LogP contribution < -0.4 is 16.0 Å². The van der Waals surface area contributed by atoms with Crippen LogP contribution >= 0.6 is 0 Å². The molecule has 8 nitrogen and oxygen atoms in total. The molecule has 0 radical (unpaired) electrons. The number of rotatable bonds is 4. The molecule has 178 valence electrons. The zero-order valence-corrected chi connectivity index (χ0v) is 19.4. The quantitative estimate of drug-likeness (QED) is 0.548. The first-order valence-corrected chi connectivity index (χ1v) is 12.4. The van der Waals surface area contributed by atoms with Crippen LogP contribution in [0.5, 0.6) is 0 Å². The number of benzene rings is 1. The molecule has 0 unspecified atom stereocenters. The molecule has 0 bridgehead atoms. The fourth-order valence-corrected chi connectivity index (χ4v) is 6.04. The third-order valence-corrected chi connectivity index (χ3v) is 7.99. The average Bonchev–Trinajstić information content (AvgIpc) is 3.29. The van der Waals surface area contributed by atoms with Crippen LogP contribution in [0.4, 0.5) is 11.5 Å². The zero-order valence-electron chi connectivity index (χ0n) is 19.4. The number of amides is 1. The van der Waals surface area contributed by atoms with Gasteiger partial charge in [0.1, 0.15) is 17.8 Å². The number of hydrogen-bond acceptors (Lipinski definition) is 6. The summed E-state index contributed by atoms with van der Waals surface area (Å²) in [6.07, 6.45) is 8.09. The van der Waals surface area contributed by atoms with E-state index >= 15 is 0 Å². The van der Waals surface area contributed by atoms with Gasteiger partial charge in [-0.2, -0.15) is 0 Å². The highest BCUT2D eigenvalue weighted by Gasteiger charge is 2.45. The number of hydrogen-bond donors (Lipinski definition) is 3. The number of aromatic nitrogens is 3. The van der Waals surface area contributed by atoms with Gasteiger partial charge in [-0.3, -0.25) is 4.79 Å². The van der Waals surface area contributed by atoms with Gasteiger partial charge in [0.25, 0.3) is 0 Å². The topological polar surface area (TPSA) is 109 Å². The second kappa shape index (κ2) is 8.67. The Balaban J connectivity index is 1.13. The van der Waals surface area contributed by atoms with Gasteiger partial charge in [0, 0.05) is 36.4 Å². The van der Waals surface area contributed by atoms with Crippen LogP contribution in [0.1, 0.15) is 38.5 Å². The first kappa shape index (κ1) is 21.6. The van der Waals surface area contributed by atoms with E-state index in [9.17, 15) is 4.79 Å². The van der Waals surface area contributed by atoms with Crippen molar-refractivity contribution in [2.75, 3.05) is 36.5 Å². The molecule has 2 aromatic heterocycles. The highest BCUT2D eigenvalue weighted by Crippen LogP contribution is 2.52. The molecule has 2 saturated carbocycles. The second-order valence-electron chi connectivity index (χ2n) is 10.3. The van der Waals surface area contributed by atoms with Gasteiger partial charge < -0.3 is 25.7 Å². The Morgan fingerprint density at radius 2 is 1.85 bits per heavy atom. The predicted octanol–water partition coefficient (Wildman–Crippen LogP) is 3.70. The van der Waals surface area contributed by atoms with Gasteiger partial charge in [0.2, 0.25) is 5.91 Å². The molecule has 1 spiro atoms. The number of fused-ring (bicyclic) bond motifs is 1. The van der Waals surface area contributed by atoms with Crippen molar-refractivity contribution in [2.24, 2.45) is 17.1 Å². The first-order chi connectivity index (χ1) is 16.6. The molecule has 6 rings (SSSR count). The smallest absolute Gasteiger partial charge is 0.227 e. The minimum atomic E-state index is 0.105. The molecule has 1 amide bonds. The maximum Gasteiger partial charge on any atom is 0.227 e. The van der Waals surface area contributed by atoms with Crippen molar-refractivity contribution < 1.29 is 9.53 Å². The number of anilines is 2. The Morgan fingerprint density at radius 1 is 1.12 bits per heavy atom. The molecular formula is C26H32N6O2. The molecule has 2 aliphatic carbocycles. The molecule has 1 saturated heterocycles. The molecule has 3 aliphatic rings. The second-order valence-corrected chi connectivity index (χ2v) is 10.3. The summed E-state index contributed by atoms with van der Waals surface area (Å²) in [6, 6.07) is 10.5. The number of nitrogens with one attached hydrogen (secondary N) is 2. The Labute approximate surface area is 199 Å². The molecule has 3 fully saturated rings. The Bertz CT molecular complexity index is 1170. The molecule has 1 aliphatic heterocycles. The fraction of sp³-hybridized carbons (Fsp3) is 0.500. The molecular weight excluding hydrogens is 428 g/mol. The van der Waals surface area contributed by atoms with E-state index < -0.39 is 0 Å². The van der Waals surface area contributed by atoms with Crippen molar-refractivity contribution in [3.8, 4) is 11.3 Å². The van der Waals surface area contributed by atoms with Gasteiger partial charge in [0.15, 0.2) is 0 Å². The Morgan fingerprint density at radius 3 is 2.56 bits per heavy atom. The summed E-state index contributed by atoms with van der Waals surface area (Å²) in [5.74, 6) is 1.19. The lowest BCUT2D eigenvalue weighted by Gasteiger charge is -2.50. The number of ether oxygens (including phenoxy) is 1. The van der Waals surface area contributed by atoms with Crippen molar-refractivity contribution in [1.29, 1.82) is 0 Å². The van der Waals surface area contributed by atoms with E-state index in [0.29, 0.717) is 24.7 Å². The summed E-state index contributed by atoms with van der Waals surface area (Å²) >= 11 is 0. The summed E-state index contributed by atoms with van der Waals surface area (Å²) in [7, 11) is 0. The Kier molecular flexibility index (Phi) is 5.50. The monoisotopic (exact) mass is 460 g/mol. The third kappa shape index (κ3) is 4.05. The highest BCUT2D eigenvalue weighted by atomic mass is 16.5. The third-order valence-electron chi connectivity index (χ3n) is 7.99. The van der Waals surface area contributed by atoms with Crippen molar-refractivity contribution in [2.45, 2.75) is 44.6 Å². The zero-order chi connectivity index (χ0) is 23.1. The largest absolute Gasteiger partial charge is 0.378 e.